The molecule has 3 aromatic rings. The van der Waals surface area contributed by atoms with Crippen LogP contribution in [0.5, 0.6) is 0 Å². The molecule has 25 heavy (non-hydrogen) atoms. The van der Waals surface area contributed by atoms with Crippen LogP contribution in [0.25, 0.3) is 0 Å². The van der Waals surface area contributed by atoms with E-state index in [4.69, 9.17) is 11.6 Å². The zero-order valence-corrected chi connectivity index (χ0v) is 15.3. The van der Waals surface area contributed by atoms with Crippen LogP contribution in [-0.4, -0.2) is 21.4 Å². The fourth-order valence-corrected chi connectivity index (χ4v) is 3.69. The molecule has 3 rings (SSSR count). The Hall–Kier alpha value is -2.24. The second kappa shape index (κ2) is 8.23. The van der Waals surface area contributed by atoms with Crippen LogP contribution >= 0.6 is 23.4 Å². The number of carbonyl (C=O) groups excluding carboxylic acids is 1. The van der Waals surface area contributed by atoms with Gasteiger partial charge >= 0.3 is 0 Å². The molecule has 2 aromatic carbocycles. The first-order chi connectivity index (χ1) is 12.1. The summed E-state index contributed by atoms with van der Waals surface area (Å²) in [6.07, 6.45) is 1.79. The maximum atomic E-state index is 12.2. The quantitative estimate of drug-likeness (QED) is 0.692. The summed E-state index contributed by atoms with van der Waals surface area (Å²) in [5.74, 6) is 0.827. The van der Waals surface area contributed by atoms with Gasteiger partial charge in [0.05, 0.1) is 11.0 Å². The Bertz CT molecular complexity index is 833. The van der Waals surface area contributed by atoms with Gasteiger partial charge < -0.3 is 5.32 Å². The van der Waals surface area contributed by atoms with Crippen LogP contribution in [0.3, 0.4) is 0 Å². The number of thioether (sulfide) groups is 1. The molecule has 1 aromatic heterocycles. The van der Waals surface area contributed by atoms with E-state index >= 15 is 0 Å². The van der Waals surface area contributed by atoms with Crippen LogP contribution in [0.2, 0.25) is 5.02 Å². The lowest BCUT2D eigenvalue weighted by Gasteiger charge is -2.17. The molecule has 0 aliphatic carbocycles. The summed E-state index contributed by atoms with van der Waals surface area (Å²) in [5, 5.41) is 7.75. The number of amides is 1. The minimum atomic E-state index is -0.0707. The fourth-order valence-electron chi connectivity index (χ4n) is 2.47. The maximum absolute atomic E-state index is 12.2. The van der Waals surface area contributed by atoms with Crippen molar-refractivity contribution in [1.29, 1.82) is 0 Å². The highest BCUT2D eigenvalue weighted by Crippen LogP contribution is 2.36. The molecule has 0 aliphatic rings. The van der Waals surface area contributed by atoms with Crippen LogP contribution in [0.4, 0.5) is 5.82 Å². The van der Waals surface area contributed by atoms with Gasteiger partial charge in [-0.15, -0.1) is 11.8 Å². The first kappa shape index (κ1) is 17.6. The Kier molecular flexibility index (Phi) is 5.79. The largest absolute Gasteiger partial charge is 0.308 e. The predicted molar refractivity (Wildman–Crippen MR) is 104 cm³/mol. The monoisotopic (exact) mass is 371 g/mol. The van der Waals surface area contributed by atoms with E-state index in [2.05, 4.69) is 22.5 Å². The Balaban J connectivity index is 1.71. The summed E-state index contributed by atoms with van der Waals surface area (Å²) in [6.45, 7) is 0. The van der Waals surface area contributed by atoms with Gasteiger partial charge in [0, 0.05) is 24.3 Å². The normalized spacial score (nSPS) is 11.9. The smallest absolute Gasteiger partial charge is 0.235 e. The zero-order chi connectivity index (χ0) is 17.6. The molecule has 128 valence electrons. The minimum absolute atomic E-state index is 0.0629. The van der Waals surface area contributed by atoms with Gasteiger partial charge in [0.1, 0.15) is 0 Å². The van der Waals surface area contributed by atoms with Crippen molar-refractivity contribution in [3.63, 3.8) is 0 Å². The first-order valence-corrected chi connectivity index (χ1v) is 9.26. The van der Waals surface area contributed by atoms with Crippen LogP contribution in [0, 0.1) is 0 Å². The van der Waals surface area contributed by atoms with Crippen LogP contribution in [-0.2, 0) is 11.8 Å². The number of hydrogen-bond donors (Lipinski definition) is 1. The average molecular weight is 372 g/mol. The Labute approximate surface area is 156 Å². The molecule has 1 heterocycles. The van der Waals surface area contributed by atoms with Gasteiger partial charge in [0.15, 0.2) is 5.82 Å². The SMILES string of the molecule is Cn1ccc(NC(=O)CS[C@@H](c2ccccc2)c2ccc(Cl)cc2)n1. The van der Waals surface area contributed by atoms with E-state index in [0.29, 0.717) is 16.6 Å². The number of benzene rings is 2. The summed E-state index contributed by atoms with van der Waals surface area (Å²) in [7, 11) is 1.82. The topological polar surface area (TPSA) is 46.9 Å². The highest BCUT2D eigenvalue weighted by molar-refractivity contribution is 8.00. The van der Waals surface area contributed by atoms with E-state index in [1.807, 2.05) is 49.5 Å². The van der Waals surface area contributed by atoms with E-state index in [-0.39, 0.29) is 11.2 Å². The van der Waals surface area contributed by atoms with E-state index in [1.54, 1.807) is 28.7 Å². The lowest BCUT2D eigenvalue weighted by Crippen LogP contribution is -2.15. The van der Waals surface area contributed by atoms with Crippen molar-refractivity contribution in [3.05, 3.63) is 83.0 Å². The Morgan fingerprint density at radius 1 is 1.12 bits per heavy atom. The molecule has 0 saturated carbocycles. The third kappa shape index (κ3) is 4.87. The molecule has 0 spiro atoms. The lowest BCUT2D eigenvalue weighted by atomic mass is 10.0. The number of halogens is 1. The number of anilines is 1. The molecule has 0 saturated heterocycles. The summed E-state index contributed by atoms with van der Waals surface area (Å²) in [6, 6.07) is 19.7. The van der Waals surface area contributed by atoms with Crippen molar-refractivity contribution in [3.8, 4) is 0 Å². The molecular formula is C19H18ClN3OS. The van der Waals surface area contributed by atoms with Crippen LogP contribution in [0.1, 0.15) is 16.4 Å². The zero-order valence-electron chi connectivity index (χ0n) is 13.7. The molecule has 0 fully saturated rings. The average Bonchev–Trinajstić information content (AvgIpc) is 3.02. The summed E-state index contributed by atoms with van der Waals surface area (Å²) < 4.78 is 1.66. The molecule has 1 atom stereocenters. The van der Waals surface area contributed by atoms with Crippen molar-refractivity contribution in [2.75, 3.05) is 11.1 Å². The standard InChI is InChI=1S/C19H18ClN3OS/c1-23-12-11-17(22-23)21-18(24)13-25-19(14-5-3-2-4-6-14)15-7-9-16(20)10-8-15/h2-12,19H,13H2,1H3,(H,21,22,24)/t19-/m0/s1. The number of nitrogens with one attached hydrogen (secondary N) is 1. The summed E-state index contributed by atoms with van der Waals surface area (Å²) in [5.41, 5.74) is 2.27. The second-order valence-electron chi connectivity index (χ2n) is 5.58. The van der Waals surface area contributed by atoms with Crippen molar-refractivity contribution in [1.82, 2.24) is 9.78 Å². The van der Waals surface area contributed by atoms with Crippen molar-refractivity contribution in [2.45, 2.75) is 5.25 Å². The second-order valence-corrected chi connectivity index (χ2v) is 7.11. The number of hydrogen-bond acceptors (Lipinski definition) is 3. The Morgan fingerprint density at radius 3 is 2.44 bits per heavy atom. The van der Waals surface area contributed by atoms with Gasteiger partial charge in [-0.1, -0.05) is 54.1 Å². The van der Waals surface area contributed by atoms with Gasteiger partial charge in [-0.2, -0.15) is 5.10 Å². The summed E-state index contributed by atoms with van der Waals surface area (Å²) in [4.78, 5) is 12.2. The highest BCUT2D eigenvalue weighted by atomic mass is 35.5. The van der Waals surface area contributed by atoms with Crippen LogP contribution < -0.4 is 5.32 Å². The number of aromatic nitrogens is 2. The number of rotatable bonds is 6. The molecule has 1 N–H and O–H groups in total. The number of carbonyl (C=O) groups is 1. The van der Waals surface area contributed by atoms with E-state index in [1.165, 1.54) is 0 Å². The van der Waals surface area contributed by atoms with Gasteiger partial charge in [-0.05, 0) is 23.3 Å². The lowest BCUT2D eigenvalue weighted by molar-refractivity contribution is -0.113. The Morgan fingerprint density at radius 2 is 1.80 bits per heavy atom. The number of nitrogens with zero attached hydrogens (tertiary/aromatic N) is 2. The molecule has 0 aliphatic heterocycles. The fraction of sp³-hybridized carbons (Fsp3) is 0.158. The van der Waals surface area contributed by atoms with E-state index in [9.17, 15) is 4.79 Å². The van der Waals surface area contributed by atoms with Gasteiger partial charge in [0.25, 0.3) is 0 Å². The predicted octanol–water partition coefficient (Wildman–Crippen LogP) is 4.53. The van der Waals surface area contributed by atoms with Crippen molar-refractivity contribution >= 4 is 35.1 Å². The molecule has 0 unspecified atom stereocenters. The molecule has 4 nitrogen and oxygen atoms in total. The van der Waals surface area contributed by atoms with Gasteiger partial charge in [-0.3, -0.25) is 9.48 Å². The maximum Gasteiger partial charge on any atom is 0.235 e. The number of aryl methyl sites for hydroxylation is 1. The van der Waals surface area contributed by atoms with Crippen LogP contribution in [0.15, 0.2) is 66.9 Å². The third-order valence-corrected chi connectivity index (χ3v) is 5.20. The van der Waals surface area contributed by atoms with E-state index in [0.717, 1.165) is 11.1 Å². The van der Waals surface area contributed by atoms with Gasteiger partial charge in [0.2, 0.25) is 5.91 Å². The minimum Gasteiger partial charge on any atom is -0.308 e. The molecule has 6 heteroatoms. The molecular weight excluding hydrogens is 354 g/mol. The summed E-state index contributed by atoms with van der Waals surface area (Å²) >= 11 is 7.58. The highest BCUT2D eigenvalue weighted by Gasteiger charge is 2.17. The van der Waals surface area contributed by atoms with Gasteiger partial charge in [-0.25, -0.2) is 0 Å². The van der Waals surface area contributed by atoms with Crippen molar-refractivity contribution < 1.29 is 4.79 Å². The molecule has 1 amide bonds. The molecule has 0 radical (unpaired) electrons. The molecule has 0 bridgehead atoms. The van der Waals surface area contributed by atoms with E-state index < -0.39 is 0 Å². The third-order valence-electron chi connectivity index (χ3n) is 3.64. The first-order valence-electron chi connectivity index (χ1n) is 7.83. The van der Waals surface area contributed by atoms with Crippen molar-refractivity contribution in [2.24, 2.45) is 7.05 Å².